The minimum atomic E-state index is -0.480. The van der Waals surface area contributed by atoms with Crippen LogP contribution in [0.2, 0.25) is 0 Å². The van der Waals surface area contributed by atoms with Crippen LogP contribution in [0.5, 0.6) is 0 Å². The standard InChI is InChI=1S/C14H18N2O/c1-16(10-14(17)9-15)13-7-6-11-4-2-3-5-12(11)8-13/h2-8,14,17H,9-10,15H2,1H3. The van der Waals surface area contributed by atoms with Gasteiger partial charge in [0.25, 0.3) is 0 Å². The van der Waals surface area contributed by atoms with Gasteiger partial charge >= 0.3 is 0 Å². The molecule has 1 unspecified atom stereocenters. The highest BCUT2D eigenvalue weighted by Gasteiger charge is 2.07. The van der Waals surface area contributed by atoms with Crippen LogP contribution in [0.25, 0.3) is 10.8 Å². The van der Waals surface area contributed by atoms with Crippen LogP contribution in [0.4, 0.5) is 5.69 Å². The summed E-state index contributed by atoms with van der Waals surface area (Å²) in [6.45, 7) is 0.840. The third kappa shape index (κ3) is 2.75. The summed E-state index contributed by atoms with van der Waals surface area (Å²) in [5, 5.41) is 12.0. The van der Waals surface area contributed by atoms with E-state index in [9.17, 15) is 5.11 Å². The molecule has 0 aliphatic carbocycles. The largest absolute Gasteiger partial charge is 0.390 e. The van der Waals surface area contributed by atoms with Gasteiger partial charge in [-0.1, -0.05) is 30.3 Å². The van der Waals surface area contributed by atoms with E-state index in [0.717, 1.165) is 5.69 Å². The number of aliphatic hydroxyl groups is 1. The molecule has 2 aromatic rings. The number of likely N-dealkylation sites (N-methyl/N-ethyl adjacent to an activating group) is 1. The van der Waals surface area contributed by atoms with E-state index in [1.165, 1.54) is 10.8 Å². The maximum absolute atomic E-state index is 9.54. The molecular formula is C14H18N2O. The summed E-state index contributed by atoms with van der Waals surface area (Å²) >= 11 is 0. The Labute approximate surface area is 101 Å². The van der Waals surface area contributed by atoms with E-state index in [2.05, 4.69) is 30.3 Å². The number of aliphatic hydroxyl groups excluding tert-OH is 1. The molecule has 3 heteroatoms. The number of benzene rings is 2. The van der Waals surface area contributed by atoms with Crippen LogP contribution in [0.1, 0.15) is 0 Å². The van der Waals surface area contributed by atoms with Crippen LogP contribution >= 0.6 is 0 Å². The predicted octanol–water partition coefficient (Wildman–Crippen LogP) is 1.60. The lowest BCUT2D eigenvalue weighted by Crippen LogP contribution is -2.34. The highest BCUT2D eigenvalue weighted by Crippen LogP contribution is 2.21. The molecule has 2 aromatic carbocycles. The maximum Gasteiger partial charge on any atom is 0.0836 e. The number of hydrogen-bond acceptors (Lipinski definition) is 3. The number of rotatable bonds is 4. The number of nitrogens with zero attached hydrogens (tertiary/aromatic N) is 1. The third-order valence-electron chi connectivity index (χ3n) is 2.93. The molecule has 0 spiro atoms. The van der Waals surface area contributed by atoms with E-state index in [1.54, 1.807) is 0 Å². The summed E-state index contributed by atoms with van der Waals surface area (Å²) in [6.07, 6.45) is -0.480. The monoisotopic (exact) mass is 230 g/mol. The van der Waals surface area contributed by atoms with Crippen LogP contribution in [0, 0.1) is 0 Å². The molecule has 0 aliphatic heterocycles. The van der Waals surface area contributed by atoms with Gasteiger partial charge in [-0.3, -0.25) is 0 Å². The summed E-state index contributed by atoms with van der Waals surface area (Å²) in [4.78, 5) is 2.02. The molecule has 0 saturated heterocycles. The Balaban J connectivity index is 2.23. The predicted molar refractivity (Wildman–Crippen MR) is 72.3 cm³/mol. The summed E-state index contributed by atoms with van der Waals surface area (Å²) in [6, 6.07) is 14.5. The van der Waals surface area contributed by atoms with Gasteiger partial charge in [-0.15, -0.1) is 0 Å². The van der Waals surface area contributed by atoms with Crippen molar-refractivity contribution in [3.8, 4) is 0 Å². The third-order valence-corrected chi connectivity index (χ3v) is 2.93. The molecule has 0 saturated carbocycles. The molecule has 0 fully saturated rings. The van der Waals surface area contributed by atoms with Crippen LogP contribution in [0.15, 0.2) is 42.5 Å². The summed E-state index contributed by atoms with van der Waals surface area (Å²) < 4.78 is 0. The first-order valence-electron chi connectivity index (χ1n) is 5.79. The number of anilines is 1. The summed E-state index contributed by atoms with van der Waals surface area (Å²) in [5.74, 6) is 0. The van der Waals surface area contributed by atoms with Crippen molar-refractivity contribution in [3.63, 3.8) is 0 Å². The number of fused-ring (bicyclic) bond motifs is 1. The topological polar surface area (TPSA) is 49.5 Å². The van der Waals surface area contributed by atoms with Crippen molar-refractivity contribution in [2.75, 3.05) is 25.0 Å². The minimum Gasteiger partial charge on any atom is -0.390 e. The Hall–Kier alpha value is -1.58. The number of hydrogen-bond donors (Lipinski definition) is 2. The zero-order valence-corrected chi connectivity index (χ0v) is 10.0. The lowest BCUT2D eigenvalue weighted by molar-refractivity contribution is 0.189. The van der Waals surface area contributed by atoms with Crippen LogP contribution in [-0.4, -0.2) is 31.3 Å². The second-order valence-electron chi connectivity index (χ2n) is 4.30. The van der Waals surface area contributed by atoms with Gasteiger partial charge in [0.1, 0.15) is 0 Å². The van der Waals surface area contributed by atoms with Gasteiger partial charge in [0.2, 0.25) is 0 Å². The first-order chi connectivity index (χ1) is 8.20. The van der Waals surface area contributed by atoms with Crippen molar-refractivity contribution in [1.29, 1.82) is 0 Å². The van der Waals surface area contributed by atoms with Crippen LogP contribution < -0.4 is 10.6 Å². The molecule has 1 atom stereocenters. The Bertz CT molecular complexity index is 498. The highest BCUT2D eigenvalue weighted by atomic mass is 16.3. The van der Waals surface area contributed by atoms with Crippen molar-refractivity contribution >= 4 is 16.5 Å². The van der Waals surface area contributed by atoms with Gasteiger partial charge in [-0.2, -0.15) is 0 Å². The normalized spacial score (nSPS) is 12.6. The Morgan fingerprint density at radius 1 is 1.18 bits per heavy atom. The molecule has 17 heavy (non-hydrogen) atoms. The number of nitrogens with two attached hydrogens (primary N) is 1. The van der Waals surface area contributed by atoms with E-state index < -0.39 is 6.10 Å². The Morgan fingerprint density at radius 2 is 1.88 bits per heavy atom. The van der Waals surface area contributed by atoms with Gasteiger partial charge < -0.3 is 15.7 Å². The van der Waals surface area contributed by atoms with Crippen LogP contribution in [0.3, 0.4) is 0 Å². The zero-order valence-electron chi connectivity index (χ0n) is 10.0. The lowest BCUT2D eigenvalue weighted by atomic mass is 10.1. The SMILES string of the molecule is CN(CC(O)CN)c1ccc2ccccc2c1. The fourth-order valence-electron chi connectivity index (χ4n) is 1.91. The van der Waals surface area contributed by atoms with Crippen molar-refractivity contribution in [2.24, 2.45) is 5.73 Å². The Morgan fingerprint density at radius 3 is 2.59 bits per heavy atom. The molecule has 2 rings (SSSR count). The molecule has 0 radical (unpaired) electrons. The quantitative estimate of drug-likeness (QED) is 0.838. The van der Waals surface area contributed by atoms with Crippen molar-refractivity contribution in [1.82, 2.24) is 0 Å². The second-order valence-corrected chi connectivity index (χ2v) is 4.30. The minimum absolute atomic E-state index is 0.290. The van der Waals surface area contributed by atoms with Crippen molar-refractivity contribution < 1.29 is 5.11 Å². The van der Waals surface area contributed by atoms with E-state index >= 15 is 0 Å². The molecule has 0 heterocycles. The smallest absolute Gasteiger partial charge is 0.0836 e. The first-order valence-corrected chi connectivity index (χ1v) is 5.79. The van der Waals surface area contributed by atoms with Gasteiger partial charge in [-0.05, 0) is 22.9 Å². The first kappa shape index (κ1) is 11.9. The average Bonchev–Trinajstić information content (AvgIpc) is 2.38. The van der Waals surface area contributed by atoms with Crippen LogP contribution in [-0.2, 0) is 0 Å². The average molecular weight is 230 g/mol. The summed E-state index contributed by atoms with van der Waals surface area (Å²) in [5.41, 5.74) is 6.51. The molecule has 0 amide bonds. The maximum atomic E-state index is 9.54. The molecule has 3 nitrogen and oxygen atoms in total. The molecule has 0 bridgehead atoms. The summed E-state index contributed by atoms with van der Waals surface area (Å²) in [7, 11) is 1.96. The van der Waals surface area contributed by atoms with Gasteiger partial charge in [0.15, 0.2) is 0 Å². The Kier molecular flexibility index (Phi) is 3.61. The van der Waals surface area contributed by atoms with E-state index in [0.29, 0.717) is 6.54 Å². The highest BCUT2D eigenvalue weighted by molar-refractivity contribution is 5.85. The fourth-order valence-corrected chi connectivity index (χ4v) is 1.91. The molecule has 3 N–H and O–H groups in total. The van der Waals surface area contributed by atoms with E-state index in [4.69, 9.17) is 5.73 Å². The van der Waals surface area contributed by atoms with Gasteiger partial charge in [0, 0.05) is 25.8 Å². The molecule has 0 aliphatic rings. The molecule has 90 valence electrons. The van der Waals surface area contributed by atoms with Crippen molar-refractivity contribution in [3.05, 3.63) is 42.5 Å². The fraction of sp³-hybridized carbons (Fsp3) is 0.286. The van der Waals surface area contributed by atoms with E-state index in [-0.39, 0.29) is 6.54 Å². The zero-order chi connectivity index (χ0) is 12.3. The lowest BCUT2D eigenvalue weighted by Gasteiger charge is -2.22. The molecule has 0 aromatic heterocycles. The van der Waals surface area contributed by atoms with Crippen molar-refractivity contribution in [2.45, 2.75) is 6.10 Å². The van der Waals surface area contributed by atoms with E-state index in [1.807, 2.05) is 24.1 Å². The second kappa shape index (κ2) is 5.17. The van der Waals surface area contributed by atoms with Gasteiger partial charge in [0.05, 0.1) is 6.10 Å². The molecular weight excluding hydrogens is 212 g/mol. The van der Waals surface area contributed by atoms with Gasteiger partial charge in [-0.25, -0.2) is 0 Å².